The maximum atomic E-state index is 4.71. The second kappa shape index (κ2) is 9.82. The van der Waals surface area contributed by atoms with Gasteiger partial charge in [-0.1, -0.05) is 70.6 Å². The topological polar surface area (TPSA) is 12.0 Å². The summed E-state index contributed by atoms with van der Waals surface area (Å²) in [5.74, 6) is 1.51. The summed E-state index contributed by atoms with van der Waals surface area (Å²) in [6.45, 7) is 24.7. The van der Waals surface area contributed by atoms with Gasteiger partial charge >= 0.3 is 0 Å². The molecule has 1 nitrogen and oxygen atoms in total. The van der Waals surface area contributed by atoms with E-state index in [1.807, 2.05) is 0 Å². The minimum atomic E-state index is 0.141. The molecule has 0 aromatic carbocycles. The molecule has 3 unspecified atom stereocenters. The van der Waals surface area contributed by atoms with Gasteiger partial charge in [0.15, 0.2) is 0 Å². The lowest BCUT2D eigenvalue weighted by atomic mass is 9.56. The number of rotatable bonds is 9. The van der Waals surface area contributed by atoms with Crippen LogP contribution in [0.15, 0.2) is 47.1 Å². The smallest absolute Gasteiger partial charge is 0.0142 e. The van der Waals surface area contributed by atoms with Crippen molar-refractivity contribution >= 4 is 0 Å². The molecule has 2 saturated carbocycles. The molecule has 0 saturated heterocycles. The summed E-state index contributed by atoms with van der Waals surface area (Å²) >= 11 is 0. The highest BCUT2D eigenvalue weighted by molar-refractivity contribution is 5.42. The van der Waals surface area contributed by atoms with Crippen LogP contribution in [-0.2, 0) is 0 Å². The van der Waals surface area contributed by atoms with E-state index in [1.165, 1.54) is 37.0 Å². The Kier molecular flexibility index (Phi) is 8.19. The maximum Gasteiger partial charge on any atom is 0.0142 e. The normalized spacial score (nSPS) is 30.9. The molecule has 0 bridgehead atoms. The molecule has 0 heterocycles. The first-order chi connectivity index (χ1) is 13.6. The number of allylic oxidation sites excluding steroid dienone is 6. The number of hydrogen-bond donors (Lipinski definition) is 1. The lowest BCUT2D eigenvalue weighted by Gasteiger charge is -2.50. The molecule has 2 fully saturated rings. The first-order valence-electron chi connectivity index (χ1n) is 12.0. The Morgan fingerprint density at radius 1 is 1.24 bits per heavy atom. The molecule has 2 aliphatic rings. The van der Waals surface area contributed by atoms with Gasteiger partial charge in [-0.2, -0.15) is 0 Å². The first-order valence-corrected chi connectivity index (χ1v) is 12.0. The Morgan fingerprint density at radius 2 is 1.90 bits per heavy atom. The van der Waals surface area contributed by atoms with Gasteiger partial charge < -0.3 is 5.32 Å². The molecule has 0 spiro atoms. The fraction of sp³-hybridized carbons (Fsp3) is 0.714. The second-order valence-electron chi connectivity index (χ2n) is 10.5. The Morgan fingerprint density at radius 3 is 2.41 bits per heavy atom. The van der Waals surface area contributed by atoms with Crippen LogP contribution in [-0.4, -0.2) is 12.6 Å². The molecule has 3 atom stereocenters. The van der Waals surface area contributed by atoms with Crippen LogP contribution in [0.2, 0.25) is 0 Å². The minimum Gasteiger partial charge on any atom is -0.313 e. The van der Waals surface area contributed by atoms with Crippen molar-refractivity contribution in [1.29, 1.82) is 0 Å². The fourth-order valence-electron chi connectivity index (χ4n) is 5.16. The number of nitrogens with one attached hydrogen (secondary N) is 1. The van der Waals surface area contributed by atoms with Gasteiger partial charge in [-0.3, -0.25) is 0 Å². The molecule has 0 amide bonds. The SMILES string of the molecule is C=C1/C(=C\C=C/C)CC(NCC2CC2)C(C)C1(CC)C/C(C)=C(\C)C(C)(C)CC. The summed E-state index contributed by atoms with van der Waals surface area (Å²) in [5, 5.41) is 3.97. The summed E-state index contributed by atoms with van der Waals surface area (Å²) in [5.41, 5.74) is 6.39. The van der Waals surface area contributed by atoms with Gasteiger partial charge in [-0.05, 0) is 94.2 Å². The molecule has 0 aromatic heterocycles. The van der Waals surface area contributed by atoms with Gasteiger partial charge in [0.2, 0.25) is 0 Å². The molecule has 29 heavy (non-hydrogen) atoms. The highest BCUT2D eigenvalue weighted by atomic mass is 14.9. The van der Waals surface area contributed by atoms with Gasteiger partial charge in [0, 0.05) is 11.5 Å². The van der Waals surface area contributed by atoms with Crippen LogP contribution in [0.1, 0.15) is 93.9 Å². The third kappa shape index (κ3) is 5.35. The van der Waals surface area contributed by atoms with Gasteiger partial charge in [0.25, 0.3) is 0 Å². The van der Waals surface area contributed by atoms with Crippen molar-refractivity contribution < 1.29 is 0 Å². The van der Waals surface area contributed by atoms with E-state index in [9.17, 15) is 0 Å². The summed E-state index contributed by atoms with van der Waals surface area (Å²) in [4.78, 5) is 0. The summed E-state index contributed by atoms with van der Waals surface area (Å²) in [6.07, 6.45) is 14.1. The van der Waals surface area contributed by atoms with E-state index < -0.39 is 0 Å². The Balaban J connectivity index is 2.42. The largest absolute Gasteiger partial charge is 0.313 e. The summed E-state index contributed by atoms with van der Waals surface area (Å²) < 4.78 is 0. The lowest BCUT2D eigenvalue weighted by molar-refractivity contribution is 0.145. The standard InChI is InChI=1S/C28H47N/c1-10-13-14-25-17-26(29-19-24-15-16-24)23(7)28(12-3,22(25)6)18-20(4)21(5)27(8,9)11-2/h10,13-14,23-24,26,29H,6,11-12,15-19H2,1-5,7-9H3/b13-10-,21-20+,25-14-. The van der Waals surface area contributed by atoms with Crippen molar-refractivity contribution in [3.05, 3.63) is 47.1 Å². The van der Waals surface area contributed by atoms with Gasteiger partial charge in [-0.15, -0.1) is 0 Å². The van der Waals surface area contributed by atoms with E-state index in [0.29, 0.717) is 12.0 Å². The van der Waals surface area contributed by atoms with E-state index in [1.54, 1.807) is 11.1 Å². The fourth-order valence-corrected chi connectivity index (χ4v) is 5.16. The summed E-state index contributed by atoms with van der Waals surface area (Å²) in [7, 11) is 0. The van der Waals surface area contributed by atoms with Crippen LogP contribution in [0.3, 0.4) is 0 Å². The molecule has 164 valence electrons. The predicted molar refractivity (Wildman–Crippen MR) is 130 cm³/mol. The molecule has 0 radical (unpaired) electrons. The zero-order chi connectivity index (χ0) is 21.8. The highest BCUT2D eigenvalue weighted by Crippen LogP contribution is 2.54. The molecule has 1 N–H and O–H groups in total. The Labute approximate surface area is 181 Å². The Hall–Kier alpha value is -1.08. The minimum absolute atomic E-state index is 0.141. The van der Waals surface area contributed by atoms with Crippen LogP contribution in [0.25, 0.3) is 0 Å². The average molecular weight is 398 g/mol. The van der Waals surface area contributed by atoms with Crippen molar-refractivity contribution in [3.8, 4) is 0 Å². The van der Waals surface area contributed by atoms with Crippen LogP contribution in [0.5, 0.6) is 0 Å². The van der Waals surface area contributed by atoms with Gasteiger partial charge in [0.05, 0.1) is 0 Å². The van der Waals surface area contributed by atoms with Crippen molar-refractivity contribution in [3.63, 3.8) is 0 Å². The zero-order valence-electron chi connectivity index (χ0n) is 20.6. The molecule has 0 aliphatic heterocycles. The third-order valence-corrected chi connectivity index (χ3v) is 8.51. The van der Waals surface area contributed by atoms with E-state index >= 15 is 0 Å². The molecular weight excluding hydrogens is 350 g/mol. The van der Waals surface area contributed by atoms with Crippen molar-refractivity contribution in [1.82, 2.24) is 5.32 Å². The molecule has 2 aliphatic carbocycles. The Bertz CT molecular complexity index is 670. The highest BCUT2D eigenvalue weighted by Gasteiger charge is 2.46. The second-order valence-corrected chi connectivity index (χ2v) is 10.5. The molecule has 0 aromatic rings. The van der Waals surface area contributed by atoms with E-state index in [0.717, 1.165) is 25.2 Å². The van der Waals surface area contributed by atoms with Crippen LogP contribution in [0.4, 0.5) is 0 Å². The van der Waals surface area contributed by atoms with Gasteiger partial charge in [0.1, 0.15) is 0 Å². The molecular formula is C28H47N. The third-order valence-electron chi connectivity index (χ3n) is 8.51. The molecule has 1 heteroatoms. The van der Waals surface area contributed by atoms with E-state index in [2.05, 4.69) is 78.9 Å². The van der Waals surface area contributed by atoms with Gasteiger partial charge in [-0.25, -0.2) is 0 Å². The van der Waals surface area contributed by atoms with Crippen LogP contribution in [0, 0.1) is 22.7 Å². The predicted octanol–water partition coefficient (Wildman–Crippen LogP) is 8.01. The zero-order valence-corrected chi connectivity index (χ0v) is 20.6. The van der Waals surface area contributed by atoms with E-state index in [-0.39, 0.29) is 10.8 Å². The quantitative estimate of drug-likeness (QED) is 0.388. The van der Waals surface area contributed by atoms with Crippen LogP contribution < -0.4 is 5.32 Å². The van der Waals surface area contributed by atoms with Crippen molar-refractivity contribution in [2.45, 2.75) is 100.0 Å². The monoisotopic (exact) mass is 397 g/mol. The van der Waals surface area contributed by atoms with Crippen LogP contribution >= 0.6 is 0 Å². The van der Waals surface area contributed by atoms with Crippen molar-refractivity contribution in [2.24, 2.45) is 22.7 Å². The number of hydrogen-bond acceptors (Lipinski definition) is 1. The lowest BCUT2D eigenvalue weighted by Crippen LogP contribution is -2.49. The molecule has 2 rings (SSSR count). The average Bonchev–Trinajstić information content (AvgIpc) is 3.53. The maximum absolute atomic E-state index is 4.71. The summed E-state index contributed by atoms with van der Waals surface area (Å²) in [6, 6.07) is 0.546. The van der Waals surface area contributed by atoms with E-state index in [4.69, 9.17) is 6.58 Å². The van der Waals surface area contributed by atoms with Crippen molar-refractivity contribution in [2.75, 3.05) is 6.54 Å². The first kappa shape index (κ1) is 24.2.